The van der Waals surface area contributed by atoms with Gasteiger partial charge in [-0.1, -0.05) is 0 Å². The van der Waals surface area contributed by atoms with Crippen LogP contribution in [0.3, 0.4) is 0 Å². The molecule has 4 nitrogen and oxygen atoms in total. The van der Waals surface area contributed by atoms with E-state index in [0.717, 1.165) is 6.07 Å². The van der Waals surface area contributed by atoms with Crippen molar-refractivity contribution in [1.29, 1.82) is 0 Å². The van der Waals surface area contributed by atoms with Gasteiger partial charge in [0.25, 0.3) is 10.1 Å². The van der Waals surface area contributed by atoms with E-state index < -0.39 is 26.6 Å². The summed E-state index contributed by atoms with van der Waals surface area (Å²) in [7, 11) is -4.47. The largest absolute Gasteiger partial charge is 0.505 e. The van der Waals surface area contributed by atoms with Crippen molar-refractivity contribution < 1.29 is 22.5 Å². The van der Waals surface area contributed by atoms with Gasteiger partial charge in [0.05, 0.1) is 0 Å². The van der Waals surface area contributed by atoms with Crippen LogP contribution in [0.4, 0.5) is 4.39 Å². The van der Waals surface area contributed by atoms with Crippen molar-refractivity contribution in [2.24, 2.45) is 0 Å². The van der Waals surface area contributed by atoms with Gasteiger partial charge in [0.2, 0.25) is 0 Å². The summed E-state index contributed by atoms with van der Waals surface area (Å²) in [6, 6.07) is 1.37. The molecule has 1 aromatic rings. The van der Waals surface area contributed by atoms with E-state index in [1.165, 1.54) is 0 Å². The average Bonchev–Trinajstić information content (AvgIpc) is 1.94. The molecule has 1 rings (SSSR count). The molecule has 0 aliphatic carbocycles. The van der Waals surface area contributed by atoms with Crippen LogP contribution in [0.5, 0.6) is 5.75 Å². The van der Waals surface area contributed by atoms with Crippen LogP contribution < -0.4 is 0 Å². The van der Waals surface area contributed by atoms with Gasteiger partial charge in [-0.05, 0) is 28.1 Å². The highest BCUT2D eigenvalue weighted by Crippen LogP contribution is 2.28. The molecule has 0 aliphatic heterocycles. The van der Waals surface area contributed by atoms with Gasteiger partial charge in [-0.25, -0.2) is 4.39 Å². The molecule has 0 fully saturated rings. The summed E-state index contributed by atoms with van der Waals surface area (Å²) in [5, 5.41) is 8.81. The summed E-state index contributed by atoms with van der Waals surface area (Å²) in [6.45, 7) is 0. The van der Waals surface area contributed by atoms with Crippen molar-refractivity contribution in [1.82, 2.24) is 0 Å². The highest BCUT2D eigenvalue weighted by atomic mass is 79.9. The van der Waals surface area contributed by atoms with Gasteiger partial charge in [0, 0.05) is 4.47 Å². The number of benzene rings is 1. The Bertz CT molecular complexity index is 442. The number of phenolic OH excluding ortho intramolecular Hbond substituents is 1. The number of rotatable bonds is 1. The third-order valence-electron chi connectivity index (χ3n) is 1.28. The Hall–Kier alpha value is -0.660. The molecule has 2 N–H and O–H groups in total. The lowest BCUT2D eigenvalue weighted by Gasteiger charge is -2.01. The van der Waals surface area contributed by atoms with Crippen molar-refractivity contribution in [3.63, 3.8) is 0 Å². The van der Waals surface area contributed by atoms with E-state index in [0.29, 0.717) is 6.07 Å². The SMILES string of the molecule is O=S(=O)(O)c1cc(F)c(O)cc1Br. The first-order valence-corrected chi connectivity index (χ1v) is 5.21. The molecule has 0 aromatic heterocycles. The van der Waals surface area contributed by atoms with Crippen molar-refractivity contribution in [3.05, 3.63) is 22.4 Å². The summed E-state index contributed by atoms with van der Waals surface area (Å²) in [5.41, 5.74) is 0. The predicted molar refractivity (Wildman–Crippen MR) is 45.6 cm³/mol. The first kappa shape index (κ1) is 10.4. The Morgan fingerprint density at radius 1 is 1.38 bits per heavy atom. The smallest absolute Gasteiger partial charge is 0.295 e. The maximum atomic E-state index is 12.6. The van der Waals surface area contributed by atoms with Gasteiger partial charge in [0.15, 0.2) is 11.6 Å². The molecule has 13 heavy (non-hydrogen) atoms. The van der Waals surface area contributed by atoms with E-state index in [2.05, 4.69) is 15.9 Å². The van der Waals surface area contributed by atoms with Gasteiger partial charge in [-0.3, -0.25) is 4.55 Å². The van der Waals surface area contributed by atoms with Crippen molar-refractivity contribution in [3.8, 4) is 5.75 Å². The molecule has 0 saturated carbocycles. The molecule has 7 heteroatoms. The van der Waals surface area contributed by atoms with Crippen molar-refractivity contribution in [2.45, 2.75) is 4.90 Å². The van der Waals surface area contributed by atoms with Crippen LogP contribution in [0.15, 0.2) is 21.5 Å². The monoisotopic (exact) mass is 270 g/mol. The van der Waals surface area contributed by atoms with E-state index in [1.807, 2.05) is 0 Å². The molecule has 0 bridgehead atoms. The van der Waals surface area contributed by atoms with E-state index in [1.54, 1.807) is 0 Å². The molecule has 0 amide bonds. The Morgan fingerprint density at radius 2 is 1.92 bits per heavy atom. The van der Waals surface area contributed by atoms with Crippen LogP contribution in [-0.2, 0) is 10.1 Å². The van der Waals surface area contributed by atoms with E-state index in [9.17, 15) is 12.8 Å². The molecule has 0 saturated heterocycles. The number of phenols is 1. The Kier molecular flexibility index (Phi) is 2.60. The highest BCUT2D eigenvalue weighted by molar-refractivity contribution is 9.10. The first-order valence-electron chi connectivity index (χ1n) is 2.98. The predicted octanol–water partition coefficient (Wildman–Crippen LogP) is 1.54. The molecular weight excluding hydrogens is 267 g/mol. The third kappa shape index (κ3) is 2.17. The van der Waals surface area contributed by atoms with Gasteiger partial charge in [-0.2, -0.15) is 8.42 Å². The lowest BCUT2D eigenvalue weighted by molar-refractivity contribution is 0.429. The fourth-order valence-corrected chi connectivity index (χ4v) is 2.22. The fourth-order valence-electron chi connectivity index (χ4n) is 0.716. The zero-order chi connectivity index (χ0) is 10.2. The van der Waals surface area contributed by atoms with E-state index in [-0.39, 0.29) is 4.47 Å². The minimum Gasteiger partial charge on any atom is -0.505 e. The van der Waals surface area contributed by atoms with Crippen LogP contribution in [0, 0.1) is 5.82 Å². The normalized spacial score (nSPS) is 11.6. The first-order chi connectivity index (χ1) is 5.82. The lowest BCUT2D eigenvalue weighted by atomic mass is 10.3. The zero-order valence-electron chi connectivity index (χ0n) is 6.03. The molecule has 0 aliphatic rings. The van der Waals surface area contributed by atoms with Gasteiger partial charge in [0.1, 0.15) is 4.90 Å². The van der Waals surface area contributed by atoms with Crippen LogP contribution in [0.2, 0.25) is 0 Å². The van der Waals surface area contributed by atoms with Crippen LogP contribution in [0.25, 0.3) is 0 Å². The zero-order valence-corrected chi connectivity index (χ0v) is 8.43. The second-order valence-electron chi connectivity index (χ2n) is 2.21. The lowest BCUT2D eigenvalue weighted by Crippen LogP contribution is -1.99. The van der Waals surface area contributed by atoms with Gasteiger partial charge in [-0.15, -0.1) is 0 Å². The summed E-state index contributed by atoms with van der Waals surface area (Å²) in [4.78, 5) is -0.622. The average molecular weight is 271 g/mol. The minimum atomic E-state index is -4.47. The summed E-state index contributed by atoms with van der Waals surface area (Å²) in [6.07, 6.45) is 0. The fraction of sp³-hybridized carbons (Fsp3) is 0. The molecular formula is C6H4BrFO4S. The van der Waals surface area contributed by atoms with Crippen LogP contribution in [0.1, 0.15) is 0 Å². The van der Waals surface area contributed by atoms with Gasteiger partial charge < -0.3 is 5.11 Å². The molecule has 72 valence electrons. The minimum absolute atomic E-state index is 0.103. The highest BCUT2D eigenvalue weighted by Gasteiger charge is 2.17. The van der Waals surface area contributed by atoms with E-state index in [4.69, 9.17) is 9.66 Å². The molecule has 0 heterocycles. The summed E-state index contributed by atoms with van der Waals surface area (Å²) < 4.78 is 42.3. The Labute approximate surface area is 81.9 Å². The van der Waals surface area contributed by atoms with E-state index >= 15 is 0 Å². The quantitative estimate of drug-likeness (QED) is 0.760. The van der Waals surface area contributed by atoms with Gasteiger partial charge >= 0.3 is 0 Å². The second-order valence-corrected chi connectivity index (χ2v) is 4.45. The molecule has 1 aromatic carbocycles. The molecule has 0 spiro atoms. The number of halogens is 2. The molecule has 0 radical (unpaired) electrons. The van der Waals surface area contributed by atoms with Crippen molar-refractivity contribution >= 4 is 26.0 Å². The van der Waals surface area contributed by atoms with Crippen LogP contribution in [-0.4, -0.2) is 18.1 Å². The number of hydrogen-bond donors (Lipinski definition) is 2. The number of hydrogen-bond acceptors (Lipinski definition) is 3. The second kappa shape index (κ2) is 3.24. The summed E-state index contributed by atoms with van der Waals surface area (Å²) in [5.74, 6) is -1.81. The maximum absolute atomic E-state index is 12.6. The maximum Gasteiger partial charge on any atom is 0.295 e. The van der Waals surface area contributed by atoms with Crippen LogP contribution >= 0.6 is 15.9 Å². The Morgan fingerprint density at radius 3 is 2.38 bits per heavy atom. The topological polar surface area (TPSA) is 74.6 Å². The Balaban J connectivity index is 3.50. The molecule has 0 atom stereocenters. The standard InChI is InChI=1S/C6H4BrFO4S/c7-3-1-5(9)4(8)2-6(3)13(10,11)12/h1-2,9H,(H,10,11,12). The van der Waals surface area contributed by atoms with Crippen molar-refractivity contribution in [2.75, 3.05) is 0 Å². The summed E-state index contributed by atoms with van der Waals surface area (Å²) >= 11 is 2.75. The molecule has 0 unspecified atom stereocenters. The third-order valence-corrected chi connectivity index (χ3v) is 3.09. The number of aromatic hydroxyl groups is 1.